The number of hydrogen-bond acceptors (Lipinski definition) is 8. The van der Waals surface area contributed by atoms with Crippen molar-refractivity contribution in [2.75, 3.05) is 13.1 Å². The molecule has 0 aliphatic carbocycles. The second kappa shape index (κ2) is 11.7. The average molecular weight is 596 g/mol. The Balaban J connectivity index is 1.25. The number of phenolic OH excluding ortho intramolecular Hbond substituents is 1. The maximum absolute atomic E-state index is 13.2. The molecular formula is C27H26BrN5O6. The lowest BCUT2D eigenvalue weighted by Crippen LogP contribution is -2.47. The molecule has 1 fully saturated rings. The summed E-state index contributed by atoms with van der Waals surface area (Å²) in [6, 6.07) is 14.1. The summed E-state index contributed by atoms with van der Waals surface area (Å²) in [5.41, 5.74) is 1.81. The number of phenols is 1. The number of likely N-dealkylation sites (tertiary alicyclic amines) is 1. The predicted molar refractivity (Wildman–Crippen MR) is 145 cm³/mol. The number of halogens is 1. The van der Waals surface area contributed by atoms with Crippen LogP contribution in [0.5, 0.6) is 5.75 Å². The first-order valence-corrected chi connectivity index (χ1v) is 13.2. The van der Waals surface area contributed by atoms with Gasteiger partial charge in [0.2, 0.25) is 5.91 Å². The average Bonchev–Trinajstić information content (AvgIpc) is 3.56. The Kier molecular flexibility index (Phi) is 7.92. The van der Waals surface area contributed by atoms with Crippen molar-refractivity contribution >= 4 is 49.4 Å². The highest BCUT2D eigenvalue weighted by atomic mass is 79.9. The summed E-state index contributed by atoms with van der Waals surface area (Å²) in [6.45, 7) is 0.259. The number of aromatic nitrogens is 1. The fraction of sp³-hybridized carbons (Fsp3) is 0.296. The van der Waals surface area contributed by atoms with Gasteiger partial charge in [-0.15, -0.1) is 0 Å². The Morgan fingerprint density at radius 1 is 1.15 bits per heavy atom. The van der Waals surface area contributed by atoms with E-state index >= 15 is 0 Å². The van der Waals surface area contributed by atoms with Gasteiger partial charge in [0.15, 0.2) is 6.10 Å². The van der Waals surface area contributed by atoms with Crippen LogP contribution in [0.3, 0.4) is 0 Å². The number of oxime groups is 1. The third-order valence-electron chi connectivity index (χ3n) is 6.49. The zero-order valence-corrected chi connectivity index (χ0v) is 22.3. The summed E-state index contributed by atoms with van der Waals surface area (Å²) in [4.78, 5) is 50.0. The quantitative estimate of drug-likeness (QED) is 0.381. The third kappa shape index (κ3) is 6.45. The van der Waals surface area contributed by atoms with Crippen LogP contribution >= 0.6 is 15.9 Å². The molecule has 11 nitrogen and oxygen atoms in total. The van der Waals surface area contributed by atoms with Crippen LogP contribution in [0.4, 0.5) is 4.79 Å². The van der Waals surface area contributed by atoms with Gasteiger partial charge in [-0.1, -0.05) is 29.4 Å². The van der Waals surface area contributed by atoms with E-state index in [9.17, 15) is 19.5 Å². The molecule has 3 amide bonds. The van der Waals surface area contributed by atoms with Crippen LogP contribution in [0.1, 0.15) is 28.8 Å². The van der Waals surface area contributed by atoms with E-state index in [2.05, 4.69) is 36.7 Å². The number of pyridine rings is 1. The van der Waals surface area contributed by atoms with Crippen molar-refractivity contribution < 1.29 is 29.1 Å². The first-order chi connectivity index (χ1) is 18.9. The number of para-hydroxylation sites is 1. The molecule has 3 aromatic rings. The van der Waals surface area contributed by atoms with Crippen molar-refractivity contribution in [1.29, 1.82) is 0 Å². The summed E-state index contributed by atoms with van der Waals surface area (Å²) in [5.74, 6) is -0.849. The van der Waals surface area contributed by atoms with Crippen molar-refractivity contribution in [2.45, 2.75) is 37.6 Å². The first-order valence-electron chi connectivity index (χ1n) is 12.4. The number of fused-ring (bicyclic) bond motifs is 1. The van der Waals surface area contributed by atoms with Gasteiger partial charge < -0.3 is 25.3 Å². The Bertz CT molecular complexity index is 1430. The molecule has 0 unspecified atom stereocenters. The molecule has 0 radical (unpaired) electrons. The molecule has 0 bridgehead atoms. The summed E-state index contributed by atoms with van der Waals surface area (Å²) >= 11 is 3.27. The highest BCUT2D eigenvalue weighted by Crippen LogP contribution is 2.22. The van der Waals surface area contributed by atoms with Gasteiger partial charge >= 0.3 is 6.09 Å². The Labute approximate surface area is 232 Å². The smallest absolute Gasteiger partial charge is 0.410 e. The Hall–Kier alpha value is -4.19. The van der Waals surface area contributed by atoms with Crippen LogP contribution in [-0.4, -0.2) is 68.8 Å². The highest BCUT2D eigenvalue weighted by molar-refractivity contribution is 9.18. The van der Waals surface area contributed by atoms with Crippen molar-refractivity contribution in [3.05, 3.63) is 71.9 Å². The van der Waals surface area contributed by atoms with Gasteiger partial charge in [0, 0.05) is 41.7 Å². The normalized spacial score (nSPS) is 20.3. The lowest BCUT2D eigenvalue weighted by molar-refractivity contribution is -0.125. The van der Waals surface area contributed by atoms with Crippen LogP contribution < -0.4 is 10.6 Å². The van der Waals surface area contributed by atoms with Crippen LogP contribution in [0, 0.1) is 0 Å². The maximum Gasteiger partial charge on any atom is 0.410 e. The molecule has 1 saturated heterocycles. The molecule has 202 valence electrons. The molecule has 1 aromatic heterocycles. The summed E-state index contributed by atoms with van der Waals surface area (Å²) in [6.07, 6.45) is 1.37. The van der Waals surface area contributed by atoms with E-state index in [4.69, 9.17) is 9.57 Å². The van der Waals surface area contributed by atoms with E-state index in [0.717, 1.165) is 10.9 Å². The summed E-state index contributed by atoms with van der Waals surface area (Å²) in [5, 5.41) is 20.1. The maximum atomic E-state index is 13.2. The number of nitrogens with one attached hydrogen (secondary N) is 2. The number of benzene rings is 2. The van der Waals surface area contributed by atoms with Crippen molar-refractivity contribution in [3.8, 4) is 5.75 Å². The molecule has 5 rings (SSSR count). The number of amides is 3. The lowest BCUT2D eigenvalue weighted by atomic mass is 10.1. The highest BCUT2D eigenvalue weighted by Gasteiger charge is 2.41. The number of hydrogen-bond donors (Lipinski definition) is 3. The molecule has 2 aromatic carbocycles. The molecule has 3 atom stereocenters. The molecule has 2 aliphatic rings. The Morgan fingerprint density at radius 2 is 2.00 bits per heavy atom. The van der Waals surface area contributed by atoms with E-state index in [0.29, 0.717) is 16.6 Å². The molecule has 0 spiro atoms. The minimum Gasteiger partial charge on any atom is -0.508 e. The van der Waals surface area contributed by atoms with Gasteiger partial charge in [0.05, 0.1) is 12.1 Å². The molecule has 2 aliphatic heterocycles. The molecule has 3 N–H and O–H groups in total. The molecule has 0 saturated carbocycles. The van der Waals surface area contributed by atoms with E-state index in [1.165, 1.54) is 17.0 Å². The second-order valence-corrected chi connectivity index (χ2v) is 10.3. The number of ether oxygens (including phenoxy) is 1. The minimum absolute atomic E-state index is 0.0247. The monoisotopic (exact) mass is 595 g/mol. The van der Waals surface area contributed by atoms with E-state index in [1.54, 1.807) is 18.3 Å². The van der Waals surface area contributed by atoms with Gasteiger partial charge in [0.25, 0.3) is 5.91 Å². The molecule has 12 heteroatoms. The fourth-order valence-corrected chi connectivity index (χ4v) is 5.01. The largest absolute Gasteiger partial charge is 0.508 e. The zero-order chi connectivity index (χ0) is 27.4. The van der Waals surface area contributed by atoms with Crippen molar-refractivity contribution in [1.82, 2.24) is 20.5 Å². The van der Waals surface area contributed by atoms with Gasteiger partial charge in [-0.05, 0) is 52.7 Å². The zero-order valence-electron chi connectivity index (χ0n) is 20.7. The van der Waals surface area contributed by atoms with Crippen LogP contribution in [-0.2, 0) is 21.0 Å². The number of nitrogens with zero attached hydrogens (tertiary/aromatic N) is 3. The summed E-state index contributed by atoms with van der Waals surface area (Å²) in [7, 11) is 0. The SMILES string of the molecule is O=C(N[C@@H]1C[C@@H](C(=O)NC[C@@H]2CC(Br)=NO2)N(C(=O)OCc2cnc3ccccc3c2)C1)c1cccc(O)c1. The van der Waals surface area contributed by atoms with E-state index in [-0.39, 0.29) is 49.4 Å². The summed E-state index contributed by atoms with van der Waals surface area (Å²) < 4.78 is 6.22. The van der Waals surface area contributed by atoms with E-state index < -0.39 is 24.1 Å². The van der Waals surface area contributed by atoms with Crippen molar-refractivity contribution in [2.24, 2.45) is 5.16 Å². The Morgan fingerprint density at radius 3 is 2.79 bits per heavy atom. The lowest BCUT2D eigenvalue weighted by Gasteiger charge is -2.23. The standard InChI is InChI=1S/C27H26BrN5O6/c28-24-11-21(39-32-24)13-30-26(36)23-10-19(31-25(35)18-5-3-6-20(34)9-18)14-33(23)27(37)38-15-16-8-17-4-1-2-7-22(17)29-12-16/h1-9,12,19,21,23,34H,10-11,13-15H2,(H,30,36)(H,31,35)/t19-,21+,23+/m1/s1. The minimum atomic E-state index is -0.868. The van der Waals surface area contributed by atoms with Crippen LogP contribution in [0.15, 0.2) is 65.9 Å². The van der Waals surface area contributed by atoms with Gasteiger partial charge in [-0.3, -0.25) is 19.5 Å². The second-order valence-electron chi connectivity index (χ2n) is 9.36. The van der Waals surface area contributed by atoms with Gasteiger partial charge in [0.1, 0.15) is 23.0 Å². The van der Waals surface area contributed by atoms with Crippen molar-refractivity contribution in [3.63, 3.8) is 0 Å². The first kappa shape index (κ1) is 26.4. The molecule has 39 heavy (non-hydrogen) atoms. The molecular weight excluding hydrogens is 570 g/mol. The number of aromatic hydroxyl groups is 1. The van der Waals surface area contributed by atoms with Crippen LogP contribution in [0.2, 0.25) is 0 Å². The van der Waals surface area contributed by atoms with Gasteiger partial charge in [-0.25, -0.2) is 4.79 Å². The number of carbonyl (C=O) groups is 3. The third-order valence-corrected chi connectivity index (χ3v) is 6.96. The van der Waals surface area contributed by atoms with Gasteiger partial charge in [-0.2, -0.15) is 0 Å². The number of rotatable bonds is 7. The molecule has 3 heterocycles. The predicted octanol–water partition coefficient (Wildman–Crippen LogP) is 3.06. The number of carbonyl (C=O) groups excluding carboxylic acids is 3. The van der Waals surface area contributed by atoms with Crippen LogP contribution in [0.25, 0.3) is 10.9 Å². The topological polar surface area (TPSA) is 142 Å². The van der Waals surface area contributed by atoms with E-state index in [1.807, 2.05) is 30.3 Å². The fourth-order valence-electron chi connectivity index (χ4n) is 4.57.